The number of likely N-dealkylation sites (N-methyl/N-ethyl adjacent to an activating group) is 1. The van der Waals surface area contributed by atoms with E-state index in [-0.39, 0.29) is 11.9 Å². The molecule has 1 aromatic carbocycles. The Labute approximate surface area is 181 Å². The Kier molecular flexibility index (Phi) is 6.26. The number of pyridine rings is 1. The van der Waals surface area contributed by atoms with Gasteiger partial charge in [0.1, 0.15) is 9.71 Å². The van der Waals surface area contributed by atoms with Crippen LogP contribution in [0.3, 0.4) is 0 Å². The number of benzene rings is 1. The molecule has 0 saturated carbocycles. The number of aromatic nitrogens is 2. The van der Waals surface area contributed by atoms with Crippen molar-refractivity contribution < 1.29 is 4.79 Å². The second-order valence-corrected chi connectivity index (χ2v) is 8.49. The molecule has 0 saturated heterocycles. The highest BCUT2D eigenvalue weighted by Crippen LogP contribution is 2.33. The fourth-order valence-electron chi connectivity index (χ4n) is 3.68. The van der Waals surface area contributed by atoms with Crippen LogP contribution < -0.4 is 5.32 Å². The maximum Gasteiger partial charge on any atom is 0.263 e. The van der Waals surface area contributed by atoms with Crippen molar-refractivity contribution in [3.05, 3.63) is 83.6 Å². The van der Waals surface area contributed by atoms with Gasteiger partial charge in [0, 0.05) is 43.1 Å². The molecule has 154 valence electrons. The van der Waals surface area contributed by atoms with Gasteiger partial charge in [0.2, 0.25) is 0 Å². The summed E-state index contributed by atoms with van der Waals surface area (Å²) < 4.78 is 2.00. The molecular weight excluding hydrogens is 392 g/mol. The Balaban J connectivity index is 1.52. The van der Waals surface area contributed by atoms with Gasteiger partial charge in [0.15, 0.2) is 0 Å². The first kappa shape index (κ1) is 20.3. The topological polar surface area (TPSA) is 50.2 Å². The van der Waals surface area contributed by atoms with Gasteiger partial charge in [-0.2, -0.15) is 0 Å². The third-order valence-corrected chi connectivity index (χ3v) is 6.27. The number of nitrogens with zero attached hydrogens (tertiary/aromatic N) is 3. The summed E-state index contributed by atoms with van der Waals surface area (Å²) in [6.07, 6.45) is 6.58. The highest BCUT2D eigenvalue weighted by molar-refractivity contribution is 7.21. The smallest absolute Gasteiger partial charge is 0.263 e. The van der Waals surface area contributed by atoms with Gasteiger partial charge in [-0.05, 0) is 43.3 Å². The summed E-state index contributed by atoms with van der Waals surface area (Å²) in [7, 11) is 2.09. The van der Waals surface area contributed by atoms with Crippen molar-refractivity contribution in [3.8, 4) is 5.69 Å². The Hall–Kier alpha value is -2.96. The van der Waals surface area contributed by atoms with Crippen molar-refractivity contribution >= 4 is 27.5 Å². The summed E-state index contributed by atoms with van der Waals surface area (Å²) in [6, 6.07) is 18.3. The number of rotatable bonds is 8. The van der Waals surface area contributed by atoms with Crippen LogP contribution >= 0.6 is 11.3 Å². The quantitative estimate of drug-likeness (QED) is 0.450. The molecule has 0 radical (unpaired) electrons. The SMILES string of the molecule is CC[C@@H](CN(C)Cc1ccccc1)NC(=O)c1sc2ncccc2c1-n1cccc1. The van der Waals surface area contributed by atoms with Crippen LogP contribution in [0.25, 0.3) is 15.9 Å². The van der Waals surface area contributed by atoms with E-state index in [0.717, 1.165) is 35.4 Å². The van der Waals surface area contributed by atoms with E-state index >= 15 is 0 Å². The van der Waals surface area contributed by atoms with E-state index < -0.39 is 0 Å². The third-order valence-electron chi connectivity index (χ3n) is 5.16. The highest BCUT2D eigenvalue weighted by Gasteiger charge is 2.22. The van der Waals surface area contributed by atoms with Gasteiger partial charge in [0.05, 0.1) is 5.69 Å². The van der Waals surface area contributed by atoms with Crippen molar-refractivity contribution in [1.82, 2.24) is 19.8 Å². The molecule has 1 amide bonds. The number of amides is 1. The fourth-order valence-corrected chi connectivity index (χ4v) is 4.72. The normalized spacial score (nSPS) is 12.4. The Morgan fingerprint density at radius 3 is 2.63 bits per heavy atom. The van der Waals surface area contributed by atoms with Crippen molar-refractivity contribution in [2.75, 3.05) is 13.6 Å². The fraction of sp³-hybridized carbons (Fsp3) is 0.250. The van der Waals surface area contributed by atoms with E-state index in [1.165, 1.54) is 16.9 Å². The van der Waals surface area contributed by atoms with Gasteiger partial charge >= 0.3 is 0 Å². The Morgan fingerprint density at radius 1 is 1.13 bits per heavy atom. The molecule has 0 aliphatic rings. The lowest BCUT2D eigenvalue weighted by molar-refractivity contribution is 0.0930. The van der Waals surface area contributed by atoms with Crippen LogP contribution in [0.1, 0.15) is 28.6 Å². The zero-order valence-electron chi connectivity index (χ0n) is 17.3. The molecule has 0 fully saturated rings. The molecule has 1 atom stereocenters. The average Bonchev–Trinajstić information content (AvgIpc) is 3.41. The summed E-state index contributed by atoms with van der Waals surface area (Å²) in [4.78, 5) is 21.6. The number of hydrogen-bond acceptors (Lipinski definition) is 4. The zero-order chi connectivity index (χ0) is 20.9. The number of thiophene rings is 1. The maximum atomic E-state index is 13.3. The number of carbonyl (C=O) groups excluding carboxylic acids is 1. The molecule has 0 spiro atoms. The number of carbonyl (C=O) groups is 1. The minimum Gasteiger partial charge on any atom is -0.347 e. The number of nitrogens with one attached hydrogen (secondary N) is 1. The van der Waals surface area contributed by atoms with Gasteiger partial charge in [-0.25, -0.2) is 4.98 Å². The second-order valence-electron chi connectivity index (χ2n) is 7.49. The van der Waals surface area contributed by atoms with Crippen molar-refractivity contribution in [3.63, 3.8) is 0 Å². The first-order chi connectivity index (χ1) is 14.7. The zero-order valence-corrected chi connectivity index (χ0v) is 18.1. The summed E-state index contributed by atoms with van der Waals surface area (Å²) in [5, 5.41) is 4.25. The van der Waals surface area contributed by atoms with E-state index in [4.69, 9.17) is 0 Å². The van der Waals surface area contributed by atoms with E-state index in [0.29, 0.717) is 4.88 Å². The van der Waals surface area contributed by atoms with Crippen molar-refractivity contribution in [1.29, 1.82) is 0 Å². The van der Waals surface area contributed by atoms with Gasteiger partial charge in [0.25, 0.3) is 5.91 Å². The maximum absolute atomic E-state index is 13.3. The lowest BCUT2D eigenvalue weighted by Crippen LogP contribution is -2.42. The van der Waals surface area contributed by atoms with Gasteiger partial charge in [-0.3, -0.25) is 4.79 Å². The summed E-state index contributed by atoms with van der Waals surface area (Å²) in [6.45, 7) is 3.76. The second kappa shape index (κ2) is 9.24. The van der Waals surface area contributed by atoms with E-state index in [2.05, 4.69) is 53.4 Å². The molecule has 4 aromatic rings. The van der Waals surface area contributed by atoms with Crippen LogP contribution in [0.4, 0.5) is 0 Å². The van der Waals surface area contributed by atoms with Crippen LogP contribution in [-0.4, -0.2) is 40.0 Å². The van der Waals surface area contributed by atoms with Gasteiger partial charge in [-0.1, -0.05) is 37.3 Å². The van der Waals surface area contributed by atoms with E-state index in [1.807, 2.05) is 47.3 Å². The summed E-state index contributed by atoms with van der Waals surface area (Å²) in [5.74, 6) is -0.0401. The molecule has 0 bridgehead atoms. The summed E-state index contributed by atoms with van der Waals surface area (Å²) >= 11 is 1.45. The molecule has 3 aromatic heterocycles. The van der Waals surface area contributed by atoms with E-state index in [1.54, 1.807) is 6.20 Å². The average molecular weight is 419 g/mol. The molecule has 0 unspecified atom stereocenters. The molecule has 30 heavy (non-hydrogen) atoms. The van der Waals surface area contributed by atoms with Crippen LogP contribution in [0.15, 0.2) is 73.2 Å². The molecule has 3 heterocycles. The first-order valence-electron chi connectivity index (χ1n) is 10.2. The number of hydrogen-bond donors (Lipinski definition) is 1. The third kappa shape index (κ3) is 4.45. The molecule has 6 heteroatoms. The van der Waals surface area contributed by atoms with E-state index in [9.17, 15) is 4.79 Å². The lowest BCUT2D eigenvalue weighted by Gasteiger charge is -2.24. The van der Waals surface area contributed by atoms with Crippen LogP contribution in [-0.2, 0) is 6.54 Å². The molecular formula is C24H26N4OS. The van der Waals surface area contributed by atoms with Gasteiger partial charge in [-0.15, -0.1) is 11.3 Å². The van der Waals surface area contributed by atoms with Gasteiger partial charge < -0.3 is 14.8 Å². The Bertz CT molecular complexity index is 1100. The number of fused-ring (bicyclic) bond motifs is 1. The van der Waals surface area contributed by atoms with Crippen LogP contribution in [0, 0.1) is 0 Å². The Morgan fingerprint density at radius 2 is 1.90 bits per heavy atom. The largest absolute Gasteiger partial charge is 0.347 e. The predicted octanol–water partition coefficient (Wildman–Crippen LogP) is 4.73. The first-order valence-corrected chi connectivity index (χ1v) is 11.0. The minimum absolute atomic E-state index is 0.0401. The highest BCUT2D eigenvalue weighted by atomic mass is 32.1. The lowest BCUT2D eigenvalue weighted by atomic mass is 10.1. The molecule has 0 aliphatic heterocycles. The van der Waals surface area contributed by atoms with Crippen LogP contribution in [0.2, 0.25) is 0 Å². The molecule has 0 aliphatic carbocycles. The van der Waals surface area contributed by atoms with Crippen LogP contribution in [0.5, 0.6) is 0 Å². The minimum atomic E-state index is -0.0401. The van der Waals surface area contributed by atoms with Crippen molar-refractivity contribution in [2.45, 2.75) is 25.9 Å². The summed E-state index contributed by atoms with van der Waals surface area (Å²) in [5.41, 5.74) is 2.17. The predicted molar refractivity (Wildman–Crippen MR) is 123 cm³/mol. The standard InChI is InChI=1S/C24H26N4OS/c1-3-19(17-27(2)16-18-10-5-4-6-11-18)26-23(29)22-21(28-14-7-8-15-28)20-12-9-13-25-24(20)30-22/h4-15,19H,3,16-17H2,1-2H3,(H,26,29)/t19-/m0/s1. The molecule has 1 N–H and O–H groups in total. The van der Waals surface area contributed by atoms with Crippen molar-refractivity contribution in [2.24, 2.45) is 0 Å². The molecule has 4 rings (SSSR count). The molecule has 5 nitrogen and oxygen atoms in total. The monoisotopic (exact) mass is 418 g/mol.